The topological polar surface area (TPSA) is 66.8 Å². The van der Waals surface area contributed by atoms with E-state index in [1.54, 1.807) is 37.4 Å². The van der Waals surface area contributed by atoms with E-state index in [0.717, 1.165) is 0 Å². The number of aliphatic hydroxyl groups excluding tert-OH is 1. The zero-order valence-corrected chi connectivity index (χ0v) is 14.9. The van der Waals surface area contributed by atoms with E-state index >= 15 is 0 Å². The zero-order chi connectivity index (χ0) is 19.4. The molecule has 1 unspecified atom stereocenters. The molecule has 140 valence electrons. The van der Waals surface area contributed by atoms with Crippen LogP contribution in [0.4, 0.5) is 4.39 Å². The van der Waals surface area contributed by atoms with Crippen molar-refractivity contribution in [3.05, 3.63) is 77.1 Å². The first kappa shape index (κ1) is 18.8. The molecule has 1 saturated heterocycles. The molecule has 0 bridgehead atoms. The first-order valence-electron chi connectivity index (χ1n) is 8.63. The third-order valence-corrected chi connectivity index (χ3v) is 4.52. The van der Waals surface area contributed by atoms with Gasteiger partial charge >= 0.3 is 0 Å². The number of Topliss-reactive ketones (excluding diaryl/α,β-unsaturated/α-hetero) is 1. The van der Waals surface area contributed by atoms with Crippen molar-refractivity contribution in [2.24, 2.45) is 0 Å². The molecule has 1 aliphatic heterocycles. The molecule has 0 saturated carbocycles. The highest BCUT2D eigenvalue weighted by Gasteiger charge is 2.45. The van der Waals surface area contributed by atoms with Crippen LogP contribution in [-0.2, 0) is 14.3 Å². The first-order chi connectivity index (χ1) is 13.0. The molecule has 1 fully saturated rings. The number of rotatable bonds is 6. The number of methoxy groups -OCH3 is 1. The van der Waals surface area contributed by atoms with Gasteiger partial charge in [-0.25, -0.2) is 4.39 Å². The number of carbonyl (C=O) groups excluding carboxylic acids is 2. The summed E-state index contributed by atoms with van der Waals surface area (Å²) in [5, 5.41) is 10.8. The van der Waals surface area contributed by atoms with E-state index in [2.05, 4.69) is 0 Å². The van der Waals surface area contributed by atoms with Crippen LogP contribution in [0.5, 0.6) is 0 Å². The summed E-state index contributed by atoms with van der Waals surface area (Å²) < 4.78 is 18.4. The predicted octanol–water partition coefficient (Wildman–Crippen LogP) is 3.28. The zero-order valence-electron chi connectivity index (χ0n) is 14.9. The fourth-order valence-electron chi connectivity index (χ4n) is 3.23. The smallest absolute Gasteiger partial charge is 0.295 e. The van der Waals surface area contributed by atoms with Crippen molar-refractivity contribution in [2.75, 3.05) is 20.3 Å². The quantitative estimate of drug-likeness (QED) is 0.367. The van der Waals surface area contributed by atoms with E-state index in [1.165, 1.54) is 29.2 Å². The molecule has 27 heavy (non-hydrogen) atoms. The molecule has 0 radical (unpaired) electrons. The van der Waals surface area contributed by atoms with Crippen LogP contribution in [0, 0.1) is 5.82 Å². The van der Waals surface area contributed by atoms with Gasteiger partial charge in [-0.15, -0.1) is 0 Å². The van der Waals surface area contributed by atoms with Crippen LogP contribution in [0.1, 0.15) is 23.6 Å². The van der Waals surface area contributed by atoms with E-state index in [9.17, 15) is 19.1 Å². The number of ether oxygens (including phenoxy) is 1. The standard InChI is InChI=1S/C21H20FNO4/c1-27-13-5-12-23-18(14-8-10-16(22)11-9-14)17(20(25)21(23)26)19(24)15-6-3-2-4-7-15/h2-4,6-11,18,24H,5,12-13H2,1H3/b19-17+. The molecule has 1 heterocycles. The predicted molar refractivity (Wildman–Crippen MR) is 98.3 cm³/mol. The molecule has 1 aliphatic rings. The van der Waals surface area contributed by atoms with Crippen molar-refractivity contribution in [1.82, 2.24) is 4.90 Å². The number of halogens is 1. The van der Waals surface area contributed by atoms with E-state index in [4.69, 9.17) is 4.74 Å². The number of likely N-dealkylation sites (tertiary alicyclic amines) is 1. The van der Waals surface area contributed by atoms with Gasteiger partial charge in [0.05, 0.1) is 11.6 Å². The molecule has 1 atom stereocenters. The molecule has 6 heteroatoms. The van der Waals surface area contributed by atoms with Crippen molar-refractivity contribution < 1.29 is 23.8 Å². The number of nitrogens with zero attached hydrogens (tertiary/aromatic N) is 1. The number of hydrogen-bond acceptors (Lipinski definition) is 4. The summed E-state index contributed by atoms with van der Waals surface area (Å²) in [4.78, 5) is 26.7. The maximum atomic E-state index is 13.4. The minimum absolute atomic E-state index is 0.00947. The Kier molecular flexibility index (Phi) is 5.66. The average molecular weight is 369 g/mol. The number of ketones is 1. The number of aliphatic hydroxyl groups is 1. The number of amides is 1. The SMILES string of the molecule is COCCCN1C(=O)C(=O)/C(=C(/O)c2ccccc2)C1c1ccc(F)cc1. The Bertz CT molecular complexity index is 862. The van der Waals surface area contributed by atoms with Gasteiger partial charge in [0.25, 0.3) is 11.7 Å². The Morgan fingerprint density at radius 3 is 2.41 bits per heavy atom. The second kappa shape index (κ2) is 8.14. The molecule has 1 N–H and O–H groups in total. The molecule has 1 amide bonds. The summed E-state index contributed by atoms with van der Waals surface area (Å²) in [6, 6.07) is 13.4. The fraction of sp³-hybridized carbons (Fsp3) is 0.238. The van der Waals surface area contributed by atoms with Gasteiger partial charge in [-0.2, -0.15) is 0 Å². The lowest BCUT2D eigenvalue weighted by Crippen LogP contribution is -2.31. The highest BCUT2D eigenvalue weighted by atomic mass is 19.1. The highest BCUT2D eigenvalue weighted by molar-refractivity contribution is 6.46. The molecule has 0 aliphatic carbocycles. The maximum absolute atomic E-state index is 13.4. The van der Waals surface area contributed by atoms with Crippen LogP contribution in [0.25, 0.3) is 5.76 Å². The lowest BCUT2D eigenvalue weighted by molar-refractivity contribution is -0.140. The highest BCUT2D eigenvalue weighted by Crippen LogP contribution is 2.39. The van der Waals surface area contributed by atoms with E-state index in [0.29, 0.717) is 24.2 Å². The van der Waals surface area contributed by atoms with Gasteiger partial charge in [0, 0.05) is 25.8 Å². The first-order valence-corrected chi connectivity index (χ1v) is 8.63. The van der Waals surface area contributed by atoms with Crippen molar-refractivity contribution in [2.45, 2.75) is 12.5 Å². The van der Waals surface area contributed by atoms with Gasteiger partial charge < -0.3 is 14.7 Å². The summed E-state index contributed by atoms with van der Waals surface area (Å²) in [6.07, 6.45) is 0.534. The van der Waals surface area contributed by atoms with Gasteiger partial charge in [-0.05, 0) is 24.1 Å². The minimum atomic E-state index is -0.775. The number of benzene rings is 2. The van der Waals surface area contributed by atoms with Gasteiger partial charge in [0.2, 0.25) is 0 Å². The molecule has 2 aromatic carbocycles. The molecular weight excluding hydrogens is 349 g/mol. The fourth-order valence-corrected chi connectivity index (χ4v) is 3.23. The second-order valence-corrected chi connectivity index (χ2v) is 6.26. The summed E-state index contributed by atoms with van der Waals surface area (Å²) >= 11 is 0. The van der Waals surface area contributed by atoms with Crippen LogP contribution < -0.4 is 0 Å². The lowest BCUT2D eigenvalue weighted by Gasteiger charge is -2.25. The van der Waals surface area contributed by atoms with Crippen LogP contribution in [-0.4, -0.2) is 42.0 Å². The summed E-state index contributed by atoms with van der Waals surface area (Å²) in [5.74, 6) is -2.09. The molecule has 2 aromatic rings. The number of hydrogen-bond donors (Lipinski definition) is 1. The lowest BCUT2D eigenvalue weighted by atomic mass is 9.95. The summed E-state index contributed by atoms with van der Waals surface area (Å²) in [7, 11) is 1.56. The second-order valence-electron chi connectivity index (χ2n) is 6.26. The average Bonchev–Trinajstić information content (AvgIpc) is 2.94. The Morgan fingerprint density at radius 2 is 1.78 bits per heavy atom. The third kappa shape index (κ3) is 3.75. The van der Waals surface area contributed by atoms with Crippen LogP contribution in [0.3, 0.4) is 0 Å². The van der Waals surface area contributed by atoms with E-state index in [1.807, 2.05) is 0 Å². The van der Waals surface area contributed by atoms with Crippen molar-refractivity contribution >= 4 is 17.4 Å². The minimum Gasteiger partial charge on any atom is -0.507 e. The Hall–Kier alpha value is -2.99. The monoisotopic (exact) mass is 369 g/mol. The number of carbonyl (C=O) groups is 2. The Labute approximate surface area is 156 Å². The van der Waals surface area contributed by atoms with Crippen LogP contribution in [0.2, 0.25) is 0 Å². The molecule has 0 spiro atoms. The molecular formula is C21H20FNO4. The van der Waals surface area contributed by atoms with Crippen LogP contribution in [0.15, 0.2) is 60.2 Å². The molecule has 0 aromatic heterocycles. The van der Waals surface area contributed by atoms with Gasteiger partial charge in [0.1, 0.15) is 11.6 Å². The van der Waals surface area contributed by atoms with E-state index in [-0.39, 0.29) is 17.9 Å². The van der Waals surface area contributed by atoms with E-state index < -0.39 is 23.5 Å². The van der Waals surface area contributed by atoms with Crippen molar-refractivity contribution in [3.63, 3.8) is 0 Å². The summed E-state index contributed by atoms with van der Waals surface area (Å²) in [5.41, 5.74) is 1.01. The third-order valence-electron chi connectivity index (χ3n) is 4.52. The van der Waals surface area contributed by atoms with Crippen molar-refractivity contribution in [3.8, 4) is 0 Å². The molecule has 3 rings (SSSR count). The maximum Gasteiger partial charge on any atom is 0.295 e. The summed E-state index contributed by atoms with van der Waals surface area (Å²) in [6.45, 7) is 0.712. The van der Waals surface area contributed by atoms with Crippen molar-refractivity contribution in [1.29, 1.82) is 0 Å². The van der Waals surface area contributed by atoms with Crippen LogP contribution >= 0.6 is 0 Å². The normalized spacial score (nSPS) is 18.9. The largest absolute Gasteiger partial charge is 0.507 e. The van der Waals surface area contributed by atoms with Gasteiger partial charge in [0.15, 0.2) is 0 Å². The Balaban J connectivity index is 2.10. The van der Waals surface area contributed by atoms with Gasteiger partial charge in [-0.1, -0.05) is 42.5 Å². The van der Waals surface area contributed by atoms with Gasteiger partial charge in [-0.3, -0.25) is 9.59 Å². The molecule has 5 nitrogen and oxygen atoms in total. The Morgan fingerprint density at radius 1 is 1.11 bits per heavy atom.